The number of nitrogens with zero attached hydrogens (tertiary/aromatic N) is 2. The maximum atomic E-state index is 13.1. The Balaban J connectivity index is 1.76. The van der Waals surface area contributed by atoms with Gasteiger partial charge in [-0.1, -0.05) is 0 Å². The lowest BCUT2D eigenvalue weighted by Crippen LogP contribution is -2.15. The van der Waals surface area contributed by atoms with Crippen LogP contribution in [0.4, 0.5) is 8.78 Å². The van der Waals surface area contributed by atoms with Gasteiger partial charge in [-0.2, -0.15) is 0 Å². The fourth-order valence-corrected chi connectivity index (χ4v) is 1.83. The molecule has 1 aliphatic rings. The van der Waals surface area contributed by atoms with Crippen molar-refractivity contribution in [2.24, 2.45) is 0 Å². The molecule has 1 saturated carbocycles. The first-order chi connectivity index (χ1) is 9.20. The van der Waals surface area contributed by atoms with Crippen LogP contribution in [0.25, 0.3) is 11.4 Å². The van der Waals surface area contributed by atoms with Crippen LogP contribution in [-0.2, 0) is 6.54 Å². The highest BCUT2D eigenvalue weighted by Gasteiger charge is 2.19. The number of halogens is 2. The van der Waals surface area contributed by atoms with E-state index < -0.39 is 11.6 Å². The van der Waals surface area contributed by atoms with Crippen LogP contribution in [0.2, 0.25) is 0 Å². The van der Waals surface area contributed by atoms with Crippen molar-refractivity contribution in [1.29, 1.82) is 0 Å². The van der Waals surface area contributed by atoms with Gasteiger partial charge in [-0.05, 0) is 25.0 Å². The standard InChI is InChI=1S/C14H13F2N3/c15-11-3-10(4-12(16)5-11)14-18-7-9(8-19-14)6-17-13-1-2-13/h3-5,7-8,13,17H,1-2,6H2. The molecule has 1 aliphatic carbocycles. The summed E-state index contributed by atoms with van der Waals surface area (Å²) in [5.74, 6) is -0.926. The highest BCUT2D eigenvalue weighted by Crippen LogP contribution is 2.20. The molecule has 1 aromatic carbocycles. The van der Waals surface area contributed by atoms with Crippen molar-refractivity contribution < 1.29 is 8.78 Å². The van der Waals surface area contributed by atoms with Gasteiger partial charge in [0, 0.05) is 42.2 Å². The van der Waals surface area contributed by atoms with Gasteiger partial charge in [0.25, 0.3) is 0 Å². The van der Waals surface area contributed by atoms with Crippen molar-refractivity contribution in [3.05, 3.63) is 47.8 Å². The summed E-state index contributed by atoms with van der Waals surface area (Å²) in [6.45, 7) is 0.725. The third-order valence-corrected chi connectivity index (χ3v) is 3.00. The van der Waals surface area contributed by atoms with Crippen molar-refractivity contribution in [3.8, 4) is 11.4 Å². The van der Waals surface area contributed by atoms with Gasteiger partial charge in [0.15, 0.2) is 5.82 Å². The van der Waals surface area contributed by atoms with Crippen LogP contribution in [-0.4, -0.2) is 16.0 Å². The van der Waals surface area contributed by atoms with E-state index in [1.165, 1.54) is 25.0 Å². The van der Waals surface area contributed by atoms with Gasteiger partial charge in [-0.25, -0.2) is 18.7 Å². The molecule has 5 heteroatoms. The van der Waals surface area contributed by atoms with Crippen molar-refractivity contribution in [2.45, 2.75) is 25.4 Å². The number of hydrogen-bond acceptors (Lipinski definition) is 3. The lowest BCUT2D eigenvalue weighted by Gasteiger charge is -2.04. The smallest absolute Gasteiger partial charge is 0.159 e. The summed E-state index contributed by atoms with van der Waals surface area (Å²) >= 11 is 0. The topological polar surface area (TPSA) is 37.8 Å². The molecule has 0 radical (unpaired) electrons. The van der Waals surface area contributed by atoms with Gasteiger partial charge in [0.05, 0.1) is 0 Å². The van der Waals surface area contributed by atoms with Crippen molar-refractivity contribution >= 4 is 0 Å². The maximum Gasteiger partial charge on any atom is 0.159 e. The highest BCUT2D eigenvalue weighted by molar-refractivity contribution is 5.54. The van der Waals surface area contributed by atoms with Crippen molar-refractivity contribution in [3.63, 3.8) is 0 Å². The minimum absolute atomic E-state index is 0.327. The fourth-order valence-electron chi connectivity index (χ4n) is 1.83. The normalized spacial score (nSPS) is 14.6. The summed E-state index contributed by atoms with van der Waals surface area (Å²) in [4.78, 5) is 8.29. The SMILES string of the molecule is Fc1cc(F)cc(-c2ncc(CNC3CC3)cn2)c1. The fraction of sp³-hybridized carbons (Fsp3) is 0.286. The Bertz CT molecular complexity index is 559. The molecule has 0 bridgehead atoms. The molecule has 2 aromatic rings. The molecule has 0 amide bonds. The van der Waals surface area contributed by atoms with Crippen molar-refractivity contribution in [1.82, 2.24) is 15.3 Å². The molecule has 0 saturated heterocycles. The van der Waals surface area contributed by atoms with Gasteiger partial charge >= 0.3 is 0 Å². The Labute approximate surface area is 109 Å². The first-order valence-corrected chi connectivity index (χ1v) is 6.21. The zero-order chi connectivity index (χ0) is 13.2. The summed E-state index contributed by atoms with van der Waals surface area (Å²) in [5.41, 5.74) is 1.31. The van der Waals surface area contributed by atoms with Gasteiger partial charge < -0.3 is 5.32 Å². The van der Waals surface area contributed by atoms with E-state index in [4.69, 9.17) is 0 Å². The van der Waals surface area contributed by atoms with Crippen LogP contribution in [0, 0.1) is 11.6 Å². The van der Waals surface area contributed by atoms with Gasteiger partial charge in [0.2, 0.25) is 0 Å². The van der Waals surface area contributed by atoms with E-state index in [9.17, 15) is 8.78 Å². The predicted octanol–water partition coefficient (Wildman–Crippen LogP) is 2.67. The van der Waals surface area contributed by atoms with Crippen LogP contribution in [0.1, 0.15) is 18.4 Å². The Morgan fingerprint density at radius 1 is 1.05 bits per heavy atom. The molecule has 1 aromatic heterocycles. The number of rotatable bonds is 4. The number of benzene rings is 1. The minimum Gasteiger partial charge on any atom is -0.310 e. The molecule has 19 heavy (non-hydrogen) atoms. The molecular weight excluding hydrogens is 248 g/mol. The summed E-state index contributed by atoms with van der Waals surface area (Å²) in [7, 11) is 0. The van der Waals surface area contributed by atoms with E-state index in [1.807, 2.05) is 0 Å². The first-order valence-electron chi connectivity index (χ1n) is 6.21. The molecule has 0 atom stereocenters. The van der Waals surface area contributed by atoms with E-state index >= 15 is 0 Å². The average molecular weight is 261 g/mol. The maximum absolute atomic E-state index is 13.1. The number of hydrogen-bond donors (Lipinski definition) is 1. The third kappa shape index (κ3) is 3.12. The van der Waals surface area contributed by atoms with E-state index in [1.54, 1.807) is 12.4 Å². The highest BCUT2D eigenvalue weighted by atomic mass is 19.1. The van der Waals surface area contributed by atoms with Gasteiger partial charge in [0.1, 0.15) is 11.6 Å². The summed E-state index contributed by atoms with van der Waals surface area (Å²) in [6, 6.07) is 3.90. The average Bonchev–Trinajstić information content (AvgIpc) is 3.20. The summed E-state index contributed by atoms with van der Waals surface area (Å²) in [5, 5.41) is 3.35. The lowest BCUT2D eigenvalue weighted by molar-refractivity contribution is 0.584. The molecule has 1 heterocycles. The lowest BCUT2D eigenvalue weighted by atomic mass is 10.2. The second-order valence-electron chi connectivity index (χ2n) is 4.73. The van der Waals surface area contributed by atoms with E-state index in [-0.39, 0.29) is 0 Å². The first kappa shape index (κ1) is 12.2. The van der Waals surface area contributed by atoms with E-state index in [0.29, 0.717) is 17.4 Å². The van der Waals surface area contributed by atoms with E-state index in [2.05, 4.69) is 15.3 Å². The largest absolute Gasteiger partial charge is 0.310 e. The molecule has 3 nitrogen and oxygen atoms in total. The number of nitrogens with one attached hydrogen (secondary N) is 1. The third-order valence-electron chi connectivity index (χ3n) is 3.00. The quantitative estimate of drug-likeness (QED) is 0.919. The monoisotopic (exact) mass is 261 g/mol. The van der Waals surface area contributed by atoms with Crippen LogP contribution < -0.4 is 5.32 Å². The Hall–Kier alpha value is -1.88. The zero-order valence-electron chi connectivity index (χ0n) is 10.2. The molecule has 98 valence electrons. The Kier molecular flexibility index (Phi) is 3.21. The molecule has 3 rings (SSSR count). The Morgan fingerprint density at radius 2 is 1.68 bits per heavy atom. The molecule has 0 unspecified atom stereocenters. The summed E-state index contributed by atoms with van der Waals surface area (Å²) in [6.07, 6.45) is 5.81. The van der Waals surface area contributed by atoms with Crippen LogP contribution in [0.5, 0.6) is 0 Å². The molecule has 0 aliphatic heterocycles. The second kappa shape index (κ2) is 5.01. The molecule has 1 fully saturated rings. The second-order valence-corrected chi connectivity index (χ2v) is 4.73. The number of aromatic nitrogens is 2. The van der Waals surface area contributed by atoms with Gasteiger partial charge in [-0.15, -0.1) is 0 Å². The minimum atomic E-state index is -0.627. The molecule has 0 spiro atoms. The zero-order valence-corrected chi connectivity index (χ0v) is 10.2. The van der Waals surface area contributed by atoms with Crippen LogP contribution in [0.3, 0.4) is 0 Å². The molecular formula is C14H13F2N3. The molecule has 1 N–H and O–H groups in total. The van der Waals surface area contributed by atoms with Crippen LogP contribution in [0.15, 0.2) is 30.6 Å². The summed E-state index contributed by atoms with van der Waals surface area (Å²) < 4.78 is 26.2. The van der Waals surface area contributed by atoms with Crippen molar-refractivity contribution in [2.75, 3.05) is 0 Å². The van der Waals surface area contributed by atoms with Gasteiger partial charge in [-0.3, -0.25) is 0 Å². The predicted molar refractivity (Wildman–Crippen MR) is 67.2 cm³/mol. The van der Waals surface area contributed by atoms with E-state index in [0.717, 1.165) is 18.2 Å². The Morgan fingerprint density at radius 3 is 2.26 bits per heavy atom. The van der Waals surface area contributed by atoms with Crippen LogP contribution >= 0.6 is 0 Å².